The summed E-state index contributed by atoms with van der Waals surface area (Å²) in [5.74, 6) is 3.63. The molecule has 456 valence electrons. The second-order valence-corrected chi connectivity index (χ2v) is 23.4. The summed E-state index contributed by atoms with van der Waals surface area (Å²) in [6.07, 6.45) is 4.29. The molecular formula is C68H100N6O9. The number of rotatable bonds is 11. The van der Waals surface area contributed by atoms with Crippen molar-refractivity contribution in [2.75, 3.05) is 82.5 Å². The largest absolute Gasteiger partial charge is 0.497 e. The summed E-state index contributed by atoms with van der Waals surface area (Å²) in [6.45, 7) is 36.3. The first-order valence-electron chi connectivity index (χ1n) is 30.4. The number of carbonyl (C=O) groups excluding carboxylic acids is 6. The Kier molecular flexibility index (Phi) is 28.8. The van der Waals surface area contributed by atoms with Gasteiger partial charge in [0.2, 0.25) is 35.4 Å². The Balaban J connectivity index is 0.000000216. The number of fused-ring (bicyclic) bond motifs is 3. The summed E-state index contributed by atoms with van der Waals surface area (Å²) in [7, 11) is 1.66. The van der Waals surface area contributed by atoms with Crippen molar-refractivity contribution in [3.63, 3.8) is 0 Å². The third-order valence-corrected chi connectivity index (χ3v) is 14.9. The molecule has 2 fully saturated rings. The van der Waals surface area contributed by atoms with Crippen molar-refractivity contribution in [3.8, 4) is 11.5 Å². The van der Waals surface area contributed by atoms with Gasteiger partial charge in [0.05, 0.1) is 32.6 Å². The number of methoxy groups -OCH3 is 1. The van der Waals surface area contributed by atoms with E-state index in [1.807, 2.05) is 188 Å². The van der Waals surface area contributed by atoms with Crippen LogP contribution in [-0.4, -0.2) is 134 Å². The highest BCUT2D eigenvalue weighted by Gasteiger charge is 2.31. The summed E-state index contributed by atoms with van der Waals surface area (Å²) in [5.41, 5.74) is 7.05. The molecule has 1 atom stereocenters. The van der Waals surface area contributed by atoms with Gasteiger partial charge in [-0.2, -0.15) is 0 Å². The number of hydrogen-bond donors (Lipinski definition) is 0. The molecule has 0 bridgehead atoms. The Morgan fingerprint density at radius 2 is 1.06 bits per heavy atom. The van der Waals surface area contributed by atoms with E-state index in [1.54, 1.807) is 7.11 Å². The Hall–Kier alpha value is -6.74. The number of benzene rings is 4. The number of ether oxygens (including phenoxy) is 3. The smallest absolute Gasteiger partial charge is 0.229 e. The lowest BCUT2D eigenvalue weighted by Crippen LogP contribution is -2.42. The van der Waals surface area contributed by atoms with Gasteiger partial charge in [-0.05, 0) is 92.1 Å². The standard InChI is InChI=1S/C15H21NO.C13H17NO2.C12H15NO2.C12H15NO.C8H15NO2.C8H17NO/c1-12(2)15(17)16-10-6-9-14(16)11-13-7-4-3-5-8-13;1-9(2)13(15)14-7-10-4-5-12(16-3)6-11(10)8-14;1-9(2)12(14)13-7-8-15-11-6-4-3-5-10(11)13;1-9(2)12(14)13-8-7-10-5-3-4-6-11(10)13;1-7(2)8(10)9-3-5-11-6-4-9;1-5-9(6-2)8(10)7(3)4/h3-5,7-8,12,14H,6,9-11H2,1-2H3;4-6,9H,7-8H2,1-3H3;3-6,9H,7-8H2,1-2H3;3-6,9H,7-8H2,1-2H3;7H,3-6H2,1-2H3;7H,5-6H2,1-4H3. The van der Waals surface area contributed by atoms with E-state index in [-0.39, 0.29) is 65.0 Å². The lowest BCUT2D eigenvalue weighted by atomic mass is 10.0. The highest BCUT2D eigenvalue weighted by molar-refractivity contribution is 5.97. The van der Waals surface area contributed by atoms with Crippen molar-refractivity contribution in [1.82, 2.24) is 19.6 Å². The minimum atomic E-state index is 0.0242. The zero-order valence-electron chi connectivity index (χ0n) is 53.0. The first-order chi connectivity index (χ1) is 39.5. The van der Waals surface area contributed by atoms with Crippen molar-refractivity contribution in [1.29, 1.82) is 0 Å². The number of anilines is 2. The summed E-state index contributed by atoms with van der Waals surface area (Å²) in [5, 5.41) is 0. The van der Waals surface area contributed by atoms with E-state index < -0.39 is 0 Å². The van der Waals surface area contributed by atoms with Crippen LogP contribution in [0.25, 0.3) is 0 Å². The molecule has 9 rings (SSSR count). The highest BCUT2D eigenvalue weighted by Crippen LogP contribution is 2.33. The van der Waals surface area contributed by atoms with E-state index in [4.69, 9.17) is 14.2 Å². The van der Waals surface area contributed by atoms with E-state index in [0.29, 0.717) is 44.9 Å². The average Bonchev–Trinajstić information content (AvgIpc) is 4.38. The molecule has 0 aromatic heterocycles. The van der Waals surface area contributed by atoms with Crippen LogP contribution in [0.5, 0.6) is 11.5 Å². The molecule has 0 N–H and O–H groups in total. The van der Waals surface area contributed by atoms with Gasteiger partial charge in [0.25, 0.3) is 0 Å². The molecule has 0 saturated carbocycles. The van der Waals surface area contributed by atoms with Crippen molar-refractivity contribution in [3.05, 3.63) is 119 Å². The zero-order valence-corrected chi connectivity index (χ0v) is 53.0. The summed E-state index contributed by atoms with van der Waals surface area (Å²) >= 11 is 0. The lowest BCUT2D eigenvalue weighted by Gasteiger charge is -2.30. The second-order valence-electron chi connectivity index (χ2n) is 23.4. The van der Waals surface area contributed by atoms with Crippen LogP contribution in [0.3, 0.4) is 0 Å². The predicted octanol–water partition coefficient (Wildman–Crippen LogP) is 11.4. The predicted molar refractivity (Wildman–Crippen MR) is 333 cm³/mol. The Labute approximate surface area is 498 Å². The van der Waals surface area contributed by atoms with Crippen LogP contribution in [0.15, 0.2) is 97.1 Å². The van der Waals surface area contributed by atoms with Gasteiger partial charge < -0.3 is 43.6 Å². The number of amides is 6. The van der Waals surface area contributed by atoms with E-state index in [2.05, 4.69) is 35.2 Å². The van der Waals surface area contributed by atoms with Crippen molar-refractivity contribution < 1.29 is 43.0 Å². The van der Waals surface area contributed by atoms with E-state index >= 15 is 0 Å². The topological polar surface area (TPSA) is 150 Å². The van der Waals surface area contributed by atoms with Gasteiger partial charge in [-0.3, -0.25) is 28.8 Å². The van der Waals surface area contributed by atoms with Crippen LogP contribution in [-0.2, 0) is 59.4 Å². The van der Waals surface area contributed by atoms with Gasteiger partial charge in [0.1, 0.15) is 18.1 Å². The summed E-state index contributed by atoms with van der Waals surface area (Å²) in [6, 6.07) is 32.7. The fraction of sp³-hybridized carbons (Fsp3) is 0.559. The van der Waals surface area contributed by atoms with Gasteiger partial charge in [0, 0.05) is 99.6 Å². The van der Waals surface area contributed by atoms with Crippen molar-refractivity contribution in [2.45, 2.75) is 142 Å². The van der Waals surface area contributed by atoms with Crippen molar-refractivity contribution in [2.24, 2.45) is 35.5 Å². The fourth-order valence-corrected chi connectivity index (χ4v) is 10.2. The molecule has 0 spiro atoms. The monoisotopic (exact) mass is 1140 g/mol. The Morgan fingerprint density at radius 1 is 0.530 bits per heavy atom. The molecule has 15 nitrogen and oxygen atoms in total. The van der Waals surface area contributed by atoms with Gasteiger partial charge in [-0.1, -0.05) is 150 Å². The van der Waals surface area contributed by atoms with E-state index in [1.165, 1.54) is 22.3 Å². The molecule has 1 unspecified atom stereocenters. The average molecular weight is 1150 g/mol. The Morgan fingerprint density at radius 3 is 1.61 bits per heavy atom. The fourth-order valence-electron chi connectivity index (χ4n) is 10.2. The van der Waals surface area contributed by atoms with Gasteiger partial charge in [-0.15, -0.1) is 0 Å². The number of nitrogens with zero attached hydrogens (tertiary/aromatic N) is 6. The lowest BCUT2D eigenvalue weighted by molar-refractivity contribution is -0.138. The zero-order chi connectivity index (χ0) is 61.3. The van der Waals surface area contributed by atoms with E-state index in [0.717, 1.165) is 94.4 Å². The molecule has 4 aromatic carbocycles. The number of para-hydroxylation sites is 3. The molecule has 0 aliphatic carbocycles. The summed E-state index contributed by atoms with van der Waals surface area (Å²) < 4.78 is 15.8. The molecule has 4 aromatic rings. The molecule has 2 saturated heterocycles. The van der Waals surface area contributed by atoms with Crippen LogP contribution in [0.4, 0.5) is 11.4 Å². The number of likely N-dealkylation sites (tertiary alicyclic amines) is 1. The number of carbonyl (C=O) groups is 6. The van der Waals surface area contributed by atoms with Crippen LogP contribution < -0.4 is 19.3 Å². The third-order valence-electron chi connectivity index (χ3n) is 14.9. The highest BCUT2D eigenvalue weighted by atomic mass is 16.5. The maximum atomic E-state index is 12.1. The summed E-state index contributed by atoms with van der Waals surface area (Å²) in [4.78, 5) is 81.7. The molecule has 5 aliphatic heterocycles. The molecule has 0 radical (unpaired) electrons. The minimum Gasteiger partial charge on any atom is -0.497 e. The molecule has 5 aliphatic rings. The maximum Gasteiger partial charge on any atom is 0.229 e. The van der Waals surface area contributed by atoms with Gasteiger partial charge in [-0.25, -0.2) is 0 Å². The Bertz CT molecular complexity index is 2660. The first kappa shape index (κ1) is 68.8. The SMILES string of the molecule is CC(C)C(=O)N1CCCC1Cc1ccccc1.CC(C)C(=O)N1CCOCC1.CC(C)C(=O)N1CCOc2ccccc21.CC(C)C(=O)N1CCc2ccccc21.CCN(CC)C(=O)C(C)C.COc1ccc2c(c1)CN(C(=O)C(C)C)C2. The van der Waals surface area contributed by atoms with Gasteiger partial charge >= 0.3 is 0 Å². The second kappa shape index (κ2) is 34.8. The molecule has 6 amide bonds. The van der Waals surface area contributed by atoms with Crippen molar-refractivity contribution >= 4 is 46.8 Å². The normalized spacial score (nSPS) is 15.7. The molecule has 5 heterocycles. The van der Waals surface area contributed by atoms with Crippen LogP contribution in [0, 0.1) is 35.5 Å². The number of hydrogen-bond acceptors (Lipinski definition) is 9. The van der Waals surface area contributed by atoms with Crippen LogP contribution in [0.2, 0.25) is 0 Å². The first-order valence-corrected chi connectivity index (χ1v) is 30.4. The number of morpholine rings is 1. The molecular weight excluding hydrogens is 1040 g/mol. The third kappa shape index (κ3) is 20.8. The maximum absolute atomic E-state index is 12.1. The minimum absolute atomic E-state index is 0.0242. The van der Waals surface area contributed by atoms with Crippen LogP contribution in [0.1, 0.15) is 132 Å². The molecule has 83 heavy (non-hydrogen) atoms. The quantitative estimate of drug-likeness (QED) is 0.143. The molecule has 15 heteroatoms. The van der Waals surface area contributed by atoms with E-state index in [9.17, 15) is 28.8 Å². The van der Waals surface area contributed by atoms with Crippen LogP contribution >= 0.6 is 0 Å². The van der Waals surface area contributed by atoms with Gasteiger partial charge in [0.15, 0.2) is 0 Å².